The van der Waals surface area contributed by atoms with Crippen LogP contribution in [0.15, 0.2) is 30.5 Å². The van der Waals surface area contributed by atoms with Crippen LogP contribution < -0.4 is 5.32 Å². The average Bonchev–Trinajstić information content (AvgIpc) is 2.87. The minimum atomic E-state index is 0.740. The van der Waals surface area contributed by atoms with Gasteiger partial charge in [-0.3, -0.25) is 0 Å². The first-order valence-electron chi connectivity index (χ1n) is 8.77. The third-order valence-electron chi connectivity index (χ3n) is 4.87. The molecule has 0 spiro atoms. The Morgan fingerprint density at radius 2 is 1.96 bits per heavy atom. The Bertz CT molecular complexity index is 896. The van der Waals surface area contributed by atoms with Crippen LogP contribution in [0.1, 0.15) is 33.6 Å². The fourth-order valence-corrected chi connectivity index (χ4v) is 3.28. The highest BCUT2D eigenvalue weighted by molar-refractivity contribution is 5.69. The number of anilines is 1. The van der Waals surface area contributed by atoms with E-state index < -0.39 is 0 Å². The average molecular weight is 337 g/mol. The summed E-state index contributed by atoms with van der Waals surface area (Å²) in [5.74, 6) is 0. The molecule has 0 aliphatic rings. The van der Waals surface area contributed by atoms with Crippen LogP contribution in [0.2, 0.25) is 0 Å². The first kappa shape index (κ1) is 17.5. The van der Waals surface area contributed by atoms with Crippen LogP contribution in [0.3, 0.4) is 0 Å². The molecule has 132 valence electrons. The lowest BCUT2D eigenvalue weighted by molar-refractivity contribution is 0.202. The molecule has 0 saturated heterocycles. The number of nitrogens with zero attached hydrogens (tertiary/aromatic N) is 2. The Hall–Kier alpha value is -2.33. The largest absolute Gasteiger partial charge is 0.384 e. The molecule has 0 unspecified atom stereocenters. The summed E-state index contributed by atoms with van der Waals surface area (Å²) in [7, 11) is 1.75. The van der Waals surface area contributed by atoms with Crippen LogP contribution >= 0.6 is 0 Å². The van der Waals surface area contributed by atoms with E-state index in [9.17, 15) is 0 Å². The van der Waals surface area contributed by atoms with Gasteiger partial charge in [-0.05, 0) is 62.4 Å². The van der Waals surface area contributed by atoms with Crippen LogP contribution in [0.25, 0.3) is 5.65 Å². The molecule has 3 aromatic rings. The maximum absolute atomic E-state index is 5.26. The predicted molar refractivity (Wildman–Crippen MR) is 103 cm³/mol. The third-order valence-corrected chi connectivity index (χ3v) is 4.87. The summed E-state index contributed by atoms with van der Waals surface area (Å²) < 4.78 is 7.44. The number of methoxy groups -OCH3 is 1. The first-order chi connectivity index (χ1) is 12.0. The van der Waals surface area contributed by atoms with Gasteiger partial charge in [0, 0.05) is 25.5 Å². The third kappa shape index (κ3) is 3.54. The maximum Gasteiger partial charge on any atom is 0.160 e. The van der Waals surface area contributed by atoms with Crippen molar-refractivity contribution < 1.29 is 4.74 Å². The van der Waals surface area contributed by atoms with Crippen LogP contribution in [-0.2, 0) is 17.7 Å². The number of ether oxygens (including phenoxy) is 1. The smallest absolute Gasteiger partial charge is 0.160 e. The molecular weight excluding hydrogens is 310 g/mol. The van der Waals surface area contributed by atoms with Gasteiger partial charge in [-0.2, -0.15) is 0 Å². The summed E-state index contributed by atoms with van der Waals surface area (Å²) in [6, 6.07) is 8.66. The Balaban J connectivity index is 1.92. The summed E-state index contributed by atoms with van der Waals surface area (Å²) in [5, 5.41) is 3.62. The van der Waals surface area contributed by atoms with Crippen LogP contribution in [0.4, 0.5) is 5.69 Å². The number of imidazole rings is 1. The van der Waals surface area contributed by atoms with E-state index in [-0.39, 0.29) is 0 Å². The van der Waals surface area contributed by atoms with Crippen molar-refractivity contribution in [1.82, 2.24) is 9.38 Å². The van der Waals surface area contributed by atoms with Crippen LogP contribution in [0.5, 0.6) is 0 Å². The van der Waals surface area contributed by atoms with Gasteiger partial charge in [0.15, 0.2) is 5.65 Å². The van der Waals surface area contributed by atoms with Crippen molar-refractivity contribution in [3.63, 3.8) is 0 Å². The van der Waals surface area contributed by atoms with Gasteiger partial charge in [0.05, 0.1) is 18.0 Å². The second-order valence-corrected chi connectivity index (χ2v) is 6.72. The Morgan fingerprint density at radius 1 is 1.16 bits per heavy atom. The van der Waals surface area contributed by atoms with E-state index in [1.54, 1.807) is 7.11 Å². The quantitative estimate of drug-likeness (QED) is 0.726. The monoisotopic (exact) mass is 337 g/mol. The molecule has 0 amide bonds. The normalized spacial score (nSPS) is 11.2. The number of rotatable bonds is 6. The lowest BCUT2D eigenvalue weighted by Crippen LogP contribution is -2.08. The molecule has 0 saturated carbocycles. The number of hydrogen-bond acceptors (Lipinski definition) is 3. The number of hydrogen-bond donors (Lipinski definition) is 1. The van der Waals surface area contributed by atoms with E-state index in [0.29, 0.717) is 0 Å². The Labute approximate surface area is 149 Å². The number of aryl methyl sites for hydroxylation is 4. The molecule has 3 rings (SSSR count). The molecule has 1 aromatic carbocycles. The molecule has 25 heavy (non-hydrogen) atoms. The van der Waals surface area contributed by atoms with E-state index in [1.807, 2.05) is 0 Å². The van der Waals surface area contributed by atoms with Gasteiger partial charge < -0.3 is 14.5 Å². The van der Waals surface area contributed by atoms with Crippen molar-refractivity contribution in [2.75, 3.05) is 19.0 Å². The van der Waals surface area contributed by atoms with Crippen molar-refractivity contribution in [2.45, 2.75) is 40.7 Å². The number of aromatic nitrogens is 2. The van der Waals surface area contributed by atoms with Crippen LogP contribution in [-0.4, -0.2) is 23.1 Å². The van der Waals surface area contributed by atoms with Crippen LogP contribution in [0, 0.1) is 27.7 Å². The molecule has 4 nitrogen and oxygen atoms in total. The van der Waals surface area contributed by atoms with Gasteiger partial charge in [-0.1, -0.05) is 18.2 Å². The lowest BCUT2D eigenvalue weighted by Gasteiger charge is -2.15. The first-order valence-corrected chi connectivity index (χ1v) is 8.77. The summed E-state index contributed by atoms with van der Waals surface area (Å²) in [6.45, 7) is 9.99. The fourth-order valence-electron chi connectivity index (χ4n) is 3.28. The molecule has 4 heteroatoms. The second kappa shape index (κ2) is 7.28. The minimum Gasteiger partial charge on any atom is -0.384 e. The molecule has 0 radical (unpaired) electrons. The molecule has 0 fully saturated rings. The number of benzene rings is 1. The molecule has 0 aliphatic carbocycles. The topological polar surface area (TPSA) is 38.6 Å². The molecule has 0 aliphatic heterocycles. The summed E-state index contributed by atoms with van der Waals surface area (Å²) in [6.07, 6.45) is 3.08. The zero-order valence-corrected chi connectivity index (χ0v) is 15.8. The van der Waals surface area contributed by atoms with Gasteiger partial charge in [0.1, 0.15) is 0 Å². The van der Waals surface area contributed by atoms with Gasteiger partial charge >= 0.3 is 0 Å². The zero-order valence-electron chi connectivity index (χ0n) is 15.8. The predicted octanol–water partition coefficient (Wildman–Crippen LogP) is 4.37. The molecule has 1 N–H and O–H groups in total. The van der Waals surface area contributed by atoms with Gasteiger partial charge in [-0.15, -0.1) is 0 Å². The van der Waals surface area contributed by atoms with E-state index in [2.05, 4.69) is 67.9 Å². The molecular formula is C21H27N3O. The number of nitrogens with one attached hydrogen (secondary N) is 1. The van der Waals surface area contributed by atoms with Crippen molar-refractivity contribution in [3.05, 3.63) is 64.1 Å². The Morgan fingerprint density at radius 3 is 2.72 bits per heavy atom. The Kier molecular flexibility index (Phi) is 5.09. The van der Waals surface area contributed by atoms with Gasteiger partial charge in [0.2, 0.25) is 0 Å². The highest BCUT2D eigenvalue weighted by atomic mass is 16.5. The van der Waals surface area contributed by atoms with E-state index in [0.717, 1.165) is 36.6 Å². The standard InChI is InChI=1S/C21H27N3O/c1-14-11-20(21-23-16(3)17(4)24(21)13-14)22-12-19-15(2)7-6-8-18(19)9-10-25-5/h6-8,11,13,22H,9-10,12H2,1-5H3. The highest BCUT2D eigenvalue weighted by Gasteiger charge is 2.11. The second-order valence-electron chi connectivity index (χ2n) is 6.72. The van der Waals surface area contributed by atoms with E-state index in [1.165, 1.54) is 27.9 Å². The van der Waals surface area contributed by atoms with Gasteiger partial charge in [0.25, 0.3) is 0 Å². The number of pyridine rings is 1. The van der Waals surface area contributed by atoms with E-state index in [4.69, 9.17) is 9.72 Å². The minimum absolute atomic E-state index is 0.740. The highest BCUT2D eigenvalue weighted by Crippen LogP contribution is 2.23. The summed E-state index contributed by atoms with van der Waals surface area (Å²) in [5.41, 5.74) is 9.56. The summed E-state index contributed by atoms with van der Waals surface area (Å²) in [4.78, 5) is 4.74. The molecule has 0 bridgehead atoms. The van der Waals surface area contributed by atoms with E-state index >= 15 is 0 Å². The zero-order chi connectivity index (χ0) is 18.0. The summed E-state index contributed by atoms with van der Waals surface area (Å²) >= 11 is 0. The van der Waals surface area contributed by atoms with Crippen molar-refractivity contribution in [1.29, 1.82) is 0 Å². The SMILES string of the molecule is COCCc1cccc(C)c1CNc1cc(C)cn2c(C)c(C)nc12. The maximum atomic E-state index is 5.26. The molecule has 2 heterocycles. The molecule has 2 aromatic heterocycles. The van der Waals surface area contributed by atoms with Crippen molar-refractivity contribution in [3.8, 4) is 0 Å². The van der Waals surface area contributed by atoms with Gasteiger partial charge in [-0.25, -0.2) is 4.98 Å². The fraction of sp³-hybridized carbons (Fsp3) is 0.381. The number of fused-ring (bicyclic) bond motifs is 1. The lowest BCUT2D eigenvalue weighted by atomic mass is 9.99. The molecule has 0 atom stereocenters. The van der Waals surface area contributed by atoms with Crippen molar-refractivity contribution in [2.24, 2.45) is 0 Å². The van der Waals surface area contributed by atoms with Crippen molar-refractivity contribution >= 4 is 11.3 Å².